The Morgan fingerprint density at radius 1 is 0.333 bits per heavy atom. The Morgan fingerprint density at radius 3 is 1.04 bits per heavy atom. The summed E-state index contributed by atoms with van der Waals surface area (Å²) in [6.07, 6.45) is 24.0. The van der Waals surface area contributed by atoms with E-state index in [0.29, 0.717) is 0 Å². The molecule has 0 saturated carbocycles. The van der Waals surface area contributed by atoms with Gasteiger partial charge in [0, 0.05) is 54.9 Å². The first-order valence-corrected chi connectivity index (χ1v) is 28.4. The van der Waals surface area contributed by atoms with E-state index < -0.39 is 0 Å². The van der Waals surface area contributed by atoms with E-state index in [-0.39, 0.29) is 10.8 Å². The van der Waals surface area contributed by atoms with Gasteiger partial charge in [-0.25, -0.2) is 0 Å². The third kappa shape index (κ3) is 8.31. The first-order valence-electron chi connectivity index (χ1n) is 28.4. The summed E-state index contributed by atoms with van der Waals surface area (Å²) in [6.45, 7) is 9.31. The molecule has 0 radical (unpaired) electrons. The van der Waals surface area contributed by atoms with Crippen molar-refractivity contribution in [1.29, 1.82) is 0 Å². The molecule has 370 valence electrons. The molecule has 0 spiro atoms. The van der Waals surface area contributed by atoms with Crippen LogP contribution in [0.4, 0.5) is 34.1 Å². The molecule has 2 aromatic heterocycles. The van der Waals surface area contributed by atoms with Crippen LogP contribution in [0.25, 0.3) is 43.9 Å². The number of para-hydroxylation sites is 4. The summed E-state index contributed by atoms with van der Waals surface area (Å²) in [5.41, 5.74) is 16.6. The molecule has 7 aromatic carbocycles. The van der Waals surface area contributed by atoms with E-state index in [1.54, 1.807) is 0 Å². The molecule has 0 amide bonds. The lowest BCUT2D eigenvalue weighted by molar-refractivity contribution is 0.390. The van der Waals surface area contributed by atoms with E-state index in [1.165, 1.54) is 170 Å². The van der Waals surface area contributed by atoms with Crippen molar-refractivity contribution in [2.75, 3.05) is 9.80 Å². The van der Waals surface area contributed by atoms with Crippen LogP contribution in [0.3, 0.4) is 0 Å². The van der Waals surface area contributed by atoms with Crippen molar-refractivity contribution < 1.29 is 8.83 Å². The van der Waals surface area contributed by atoms with Crippen LogP contribution in [0.15, 0.2) is 154 Å². The number of hydrogen-bond donors (Lipinski definition) is 0. The van der Waals surface area contributed by atoms with Crippen LogP contribution in [0.5, 0.6) is 0 Å². The molecule has 11 rings (SSSR count). The molecule has 0 unspecified atom stereocenters. The fraction of sp³-hybridized carbons (Fsp3) is 0.382. The van der Waals surface area contributed by atoms with Crippen molar-refractivity contribution >= 4 is 78.0 Å². The highest BCUT2D eigenvalue weighted by atomic mass is 16.3. The molecule has 2 aliphatic heterocycles. The SMILES string of the molecule is CCCCCCC1(CCCCCC)c2ccccc2N(c2ccccc2)c2ccc3c(oc4cc5c(cc43)oc3c4c(ccc35)N(c3ccccc3)c3ccccc3C4(CCCCCC)CCCCCC)c21. The Kier molecular flexibility index (Phi) is 14.1. The van der Waals surface area contributed by atoms with Crippen molar-refractivity contribution in [3.05, 3.63) is 168 Å². The van der Waals surface area contributed by atoms with Crippen LogP contribution in [0, 0.1) is 0 Å². The van der Waals surface area contributed by atoms with Crippen molar-refractivity contribution in [3.63, 3.8) is 0 Å². The Labute approximate surface area is 429 Å². The summed E-state index contributed by atoms with van der Waals surface area (Å²) >= 11 is 0. The summed E-state index contributed by atoms with van der Waals surface area (Å²) in [5.74, 6) is 0. The quantitative estimate of drug-likeness (QED) is 0.0634. The second-order valence-corrected chi connectivity index (χ2v) is 21.5. The first kappa shape index (κ1) is 48.0. The molecule has 0 fully saturated rings. The molecule has 2 aliphatic rings. The average Bonchev–Trinajstić information content (AvgIpc) is 3.98. The molecular weight excluding hydrogens is 877 g/mol. The number of unbranched alkanes of at least 4 members (excludes halogenated alkanes) is 12. The molecule has 0 aliphatic carbocycles. The average molecular weight is 953 g/mol. The molecule has 4 nitrogen and oxygen atoms in total. The Balaban J connectivity index is 1.15. The van der Waals surface area contributed by atoms with Gasteiger partial charge in [0.05, 0.1) is 22.7 Å². The van der Waals surface area contributed by atoms with Gasteiger partial charge in [-0.2, -0.15) is 0 Å². The molecule has 0 saturated heterocycles. The molecule has 9 aromatic rings. The molecule has 0 atom stereocenters. The van der Waals surface area contributed by atoms with Crippen molar-refractivity contribution in [2.24, 2.45) is 0 Å². The van der Waals surface area contributed by atoms with Gasteiger partial charge in [0.15, 0.2) is 0 Å². The van der Waals surface area contributed by atoms with Gasteiger partial charge in [-0.1, -0.05) is 203 Å². The predicted molar refractivity (Wildman–Crippen MR) is 307 cm³/mol. The standard InChI is InChI=1S/C68H76N2O2/c1-5-9-13-27-43-67(44-28-14-10-6-2)55-35-23-25-37-57(55)69(49-31-19-17-20-32-49)59-41-39-51-53-47-62-54(48-61(53)71-65(51)63(59)67)52-40-42-60-64(66(52)72-62)68(45-29-15-11-7-3,46-30-16-12-8-4)56-36-24-26-38-58(56)70(60)50-33-21-18-22-34-50/h17-26,31-42,47-48H,5-16,27-30,43-46H2,1-4H3. The van der Waals surface area contributed by atoms with Crippen molar-refractivity contribution in [1.82, 2.24) is 0 Å². The van der Waals surface area contributed by atoms with E-state index >= 15 is 0 Å². The lowest BCUT2D eigenvalue weighted by Crippen LogP contribution is -2.36. The van der Waals surface area contributed by atoms with Gasteiger partial charge in [0.1, 0.15) is 22.3 Å². The Hall–Kier alpha value is -6.26. The molecule has 0 N–H and O–H groups in total. The predicted octanol–water partition coefficient (Wildman–Crippen LogP) is 21.5. The van der Waals surface area contributed by atoms with Gasteiger partial charge in [-0.15, -0.1) is 0 Å². The number of hydrogen-bond acceptors (Lipinski definition) is 4. The molecule has 4 heterocycles. The third-order valence-electron chi connectivity index (χ3n) is 17.0. The Bertz CT molecular complexity index is 3040. The van der Waals surface area contributed by atoms with Crippen LogP contribution < -0.4 is 9.80 Å². The maximum Gasteiger partial charge on any atom is 0.141 e. The summed E-state index contributed by atoms with van der Waals surface area (Å²) < 4.78 is 15.1. The van der Waals surface area contributed by atoms with E-state index in [9.17, 15) is 0 Å². The van der Waals surface area contributed by atoms with Crippen molar-refractivity contribution in [3.8, 4) is 0 Å². The second kappa shape index (κ2) is 21.1. The van der Waals surface area contributed by atoms with E-state index in [4.69, 9.17) is 8.83 Å². The summed E-state index contributed by atoms with van der Waals surface area (Å²) in [5, 5.41) is 4.62. The summed E-state index contributed by atoms with van der Waals surface area (Å²) in [7, 11) is 0. The van der Waals surface area contributed by atoms with Gasteiger partial charge in [0.25, 0.3) is 0 Å². The number of rotatable bonds is 22. The van der Waals surface area contributed by atoms with E-state index in [2.05, 4.69) is 183 Å². The zero-order valence-corrected chi connectivity index (χ0v) is 43.7. The van der Waals surface area contributed by atoms with E-state index in [1.807, 2.05) is 0 Å². The zero-order valence-electron chi connectivity index (χ0n) is 43.7. The summed E-state index contributed by atoms with van der Waals surface area (Å²) in [6, 6.07) is 54.8. The minimum atomic E-state index is -0.199. The minimum absolute atomic E-state index is 0.199. The third-order valence-corrected chi connectivity index (χ3v) is 17.0. The van der Waals surface area contributed by atoms with Crippen LogP contribution >= 0.6 is 0 Å². The van der Waals surface area contributed by atoms with Gasteiger partial charge in [0.2, 0.25) is 0 Å². The lowest BCUT2D eigenvalue weighted by atomic mass is 9.64. The van der Waals surface area contributed by atoms with Gasteiger partial charge in [-0.3, -0.25) is 0 Å². The highest BCUT2D eigenvalue weighted by Crippen LogP contribution is 2.61. The molecular formula is C68H76N2O2. The lowest BCUT2D eigenvalue weighted by Gasteiger charge is -2.46. The molecule has 4 heteroatoms. The normalized spacial score (nSPS) is 14.6. The maximum absolute atomic E-state index is 7.54. The van der Waals surface area contributed by atoms with Crippen LogP contribution in [0.2, 0.25) is 0 Å². The largest absolute Gasteiger partial charge is 0.456 e. The maximum atomic E-state index is 7.54. The van der Waals surface area contributed by atoms with Crippen LogP contribution in [-0.4, -0.2) is 0 Å². The van der Waals surface area contributed by atoms with Crippen LogP contribution in [-0.2, 0) is 10.8 Å². The van der Waals surface area contributed by atoms with Gasteiger partial charge >= 0.3 is 0 Å². The summed E-state index contributed by atoms with van der Waals surface area (Å²) in [4.78, 5) is 5.04. The molecule has 72 heavy (non-hydrogen) atoms. The zero-order chi connectivity index (χ0) is 49.1. The number of benzene rings is 7. The van der Waals surface area contributed by atoms with Crippen LogP contribution in [0.1, 0.15) is 178 Å². The fourth-order valence-corrected chi connectivity index (χ4v) is 13.5. The van der Waals surface area contributed by atoms with Gasteiger partial charge < -0.3 is 18.6 Å². The van der Waals surface area contributed by atoms with Crippen molar-refractivity contribution in [2.45, 2.75) is 167 Å². The smallest absolute Gasteiger partial charge is 0.141 e. The Morgan fingerprint density at radius 2 is 0.681 bits per heavy atom. The minimum Gasteiger partial charge on any atom is -0.456 e. The number of furan rings is 2. The number of anilines is 6. The van der Waals surface area contributed by atoms with Gasteiger partial charge in [-0.05, 0) is 110 Å². The fourth-order valence-electron chi connectivity index (χ4n) is 13.5. The second-order valence-electron chi connectivity index (χ2n) is 21.5. The number of nitrogens with zero attached hydrogens (tertiary/aromatic N) is 2. The number of fused-ring (bicyclic) bond motifs is 12. The topological polar surface area (TPSA) is 32.8 Å². The van der Waals surface area contributed by atoms with E-state index in [0.717, 1.165) is 58.8 Å². The highest BCUT2D eigenvalue weighted by molar-refractivity contribution is 6.17. The highest BCUT2D eigenvalue weighted by Gasteiger charge is 2.47. The molecule has 0 bridgehead atoms. The monoisotopic (exact) mass is 953 g/mol. The first-order chi connectivity index (χ1) is 35.6.